The molecule has 1 aliphatic heterocycles. The van der Waals surface area contributed by atoms with E-state index in [1.165, 1.54) is 31.2 Å². The minimum absolute atomic E-state index is 0.0300. The summed E-state index contributed by atoms with van der Waals surface area (Å²) >= 11 is 0. The Bertz CT molecular complexity index is 1830. The summed E-state index contributed by atoms with van der Waals surface area (Å²) in [7, 11) is 1.48. The maximum atomic E-state index is 14.5. The van der Waals surface area contributed by atoms with Crippen molar-refractivity contribution in [2.24, 2.45) is 29.0 Å². The molecule has 4 atom stereocenters. The molecule has 0 radical (unpaired) electrons. The van der Waals surface area contributed by atoms with Gasteiger partial charge in [0.15, 0.2) is 17.3 Å². The molecule has 0 saturated carbocycles. The van der Waals surface area contributed by atoms with Gasteiger partial charge < -0.3 is 42.2 Å². The molecule has 0 saturated heterocycles. The van der Waals surface area contributed by atoms with Crippen molar-refractivity contribution in [2.75, 3.05) is 46.4 Å². The SMILES string of the molecule is CCCCCCCCCC(=O)NCC(=O)C[C@@H](CCN)C(=O)N(C)[C@@H]1C(=O)C[C@@H](C)C(=O)N[C@H](C(=O)CCC#N)Cc2ccc(OCCN)c(c2)-c2cc1ccc2OCCN. The summed E-state index contributed by atoms with van der Waals surface area (Å²) in [6.45, 7) is 4.37. The van der Waals surface area contributed by atoms with E-state index in [1.807, 2.05) is 12.1 Å². The molecule has 334 valence electrons. The Kier molecular flexibility index (Phi) is 22.1. The molecule has 0 aliphatic carbocycles. The largest absolute Gasteiger partial charge is 0.492 e. The van der Waals surface area contributed by atoms with Crippen molar-refractivity contribution in [3.63, 3.8) is 0 Å². The van der Waals surface area contributed by atoms with Crippen molar-refractivity contribution in [3.05, 3.63) is 47.5 Å². The molecule has 0 fully saturated rings. The van der Waals surface area contributed by atoms with Gasteiger partial charge in [0.1, 0.15) is 30.8 Å². The molecular weight excluding hydrogens is 779 g/mol. The molecule has 15 nitrogen and oxygen atoms in total. The van der Waals surface area contributed by atoms with Crippen molar-refractivity contribution in [2.45, 2.75) is 116 Å². The topological polar surface area (TPSA) is 250 Å². The second-order valence-electron chi connectivity index (χ2n) is 15.8. The van der Waals surface area contributed by atoms with Gasteiger partial charge in [-0.05, 0) is 61.2 Å². The maximum absolute atomic E-state index is 14.5. The van der Waals surface area contributed by atoms with Crippen molar-refractivity contribution >= 4 is 35.1 Å². The molecule has 3 amide bonds. The second kappa shape index (κ2) is 26.9. The predicted molar refractivity (Wildman–Crippen MR) is 233 cm³/mol. The lowest BCUT2D eigenvalue weighted by atomic mass is 9.88. The van der Waals surface area contributed by atoms with Gasteiger partial charge in [-0.25, -0.2) is 0 Å². The number of amides is 3. The number of rotatable bonds is 25. The summed E-state index contributed by atoms with van der Waals surface area (Å²) < 4.78 is 12.2. The van der Waals surface area contributed by atoms with Gasteiger partial charge in [-0.2, -0.15) is 5.26 Å². The molecule has 8 N–H and O–H groups in total. The predicted octanol–water partition coefficient (Wildman–Crippen LogP) is 4.22. The van der Waals surface area contributed by atoms with Crippen LogP contribution in [0, 0.1) is 23.2 Å². The van der Waals surface area contributed by atoms with Gasteiger partial charge in [-0.15, -0.1) is 0 Å². The van der Waals surface area contributed by atoms with Gasteiger partial charge in [0.25, 0.3) is 0 Å². The van der Waals surface area contributed by atoms with E-state index in [1.54, 1.807) is 37.3 Å². The fourth-order valence-corrected chi connectivity index (χ4v) is 7.52. The molecular formula is C46H67N7O8. The number of nitriles is 1. The van der Waals surface area contributed by atoms with E-state index < -0.39 is 41.5 Å². The molecule has 15 heteroatoms. The van der Waals surface area contributed by atoms with E-state index in [0.29, 0.717) is 40.2 Å². The number of nitrogens with zero attached hydrogens (tertiary/aromatic N) is 2. The van der Waals surface area contributed by atoms with Crippen LogP contribution in [0.15, 0.2) is 36.4 Å². The third kappa shape index (κ3) is 16.0. The lowest BCUT2D eigenvalue weighted by Crippen LogP contribution is -2.46. The Labute approximate surface area is 360 Å². The first kappa shape index (κ1) is 50.2. The zero-order valence-corrected chi connectivity index (χ0v) is 36.3. The van der Waals surface area contributed by atoms with E-state index in [-0.39, 0.29) is 95.4 Å². The van der Waals surface area contributed by atoms with Crippen molar-refractivity contribution < 1.29 is 38.2 Å². The molecule has 2 aromatic carbocycles. The van der Waals surface area contributed by atoms with Gasteiger partial charge in [0.2, 0.25) is 17.7 Å². The minimum Gasteiger partial charge on any atom is -0.492 e. The van der Waals surface area contributed by atoms with E-state index in [9.17, 15) is 34.0 Å². The van der Waals surface area contributed by atoms with Crippen LogP contribution in [-0.4, -0.2) is 92.5 Å². The summed E-state index contributed by atoms with van der Waals surface area (Å²) in [5, 5.41) is 14.7. The average Bonchev–Trinajstić information content (AvgIpc) is 3.25. The zero-order valence-electron chi connectivity index (χ0n) is 36.3. The highest BCUT2D eigenvalue weighted by Gasteiger charge is 2.36. The standard InChI is InChI=1S/C46H67N7O8/c1-4-5-6-7-8-9-10-13-43(57)51-30-35(54)28-34(18-20-48)46(59)53(3)44-33-15-17-42(61-24-22-50)37(29-33)36-26-32(14-16-41(36)60-23-21-49)27-38(39(55)12-11-19-47)52-45(58)31(2)25-40(44)56/h14-17,26,29,31,34,38,44H,4-13,18,20-25,27-28,30,48-50H2,1-3H3,(H,51,57)(H,52,58)/t31-,34-,38+,44+/m1/s1. The number of unbranched alkanes of at least 4 members (excludes halogenated alkanes) is 6. The van der Waals surface area contributed by atoms with Gasteiger partial charge in [0, 0.05) is 75.2 Å². The number of ketones is 3. The number of carbonyl (C=O) groups is 6. The molecule has 0 spiro atoms. The first-order valence-electron chi connectivity index (χ1n) is 21.8. The van der Waals surface area contributed by atoms with Gasteiger partial charge >= 0.3 is 0 Å². The number of nitrogens with one attached hydrogen (secondary N) is 2. The normalized spacial score (nSPS) is 17.0. The maximum Gasteiger partial charge on any atom is 0.226 e. The number of hydrogen-bond acceptors (Lipinski definition) is 12. The summed E-state index contributed by atoms with van der Waals surface area (Å²) in [6, 6.07) is 10.2. The minimum atomic E-state index is -1.23. The molecule has 61 heavy (non-hydrogen) atoms. The summed E-state index contributed by atoms with van der Waals surface area (Å²) in [4.78, 5) is 83.1. The Balaban J connectivity index is 2.03. The molecule has 0 unspecified atom stereocenters. The van der Waals surface area contributed by atoms with Crippen molar-refractivity contribution in [1.29, 1.82) is 5.26 Å². The smallest absolute Gasteiger partial charge is 0.226 e. The Morgan fingerprint density at radius 1 is 0.885 bits per heavy atom. The number of ether oxygens (including phenoxy) is 2. The number of likely N-dealkylation sites (N-methyl/N-ethyl adjacent to an activating group) is 1. The van der Waals surface area contributed by atoms with Crippen LogP contribution < -0.4 is 37.3 Å². The summed E-state index contributed by atoms with van der Waals surface area (Å²) in [5.41, 5.74) is 19.7. The number of nitrogens with two attached hydrogens (primary N) is 3. The van der Waals surface area contributed by atoms with Crippen LogP contribution in [0.1, 0.15) is 114 Å². The average molecular weight is 846 g/mol. The highest BCUT2D eigenvalue weighted by molar-refractivity contribution is 5.96. The number of hydrogen-bond donors (Lipinski definition) is 5. The monoisotopic (exact) mass is 846 g/mol. The van der Waals surface area contributed by atoms with Crippen LogP contribution >= 0.6 is 0 Å². The number of benzene rings is 2. The van der Waals surface area contributed by atoms with Crippen LogP contribution in [-0.2, 0) is 35.2 Å². The van der Waals surface area contributed by atoms with E-state index in [4.69, 9.17) is 26.7 Å². The van der Waals surface area contributed by atoms with Gasteiger partial charge in [-0.1, -0.05) is 64.5 Å². The molecule has 1 aliphatic rings. The first-order chi connectivity index (χ1) is 29.4. The summed E-state index contributed by atoms with van der Waals surface area (Å²) in [6.07, 6.45) is 7.40. The molecule has 3 rings (SSSR count). The van der Waals surface area contributed by atoms with Crippen LogP contribution in [0.2, 0.25) is 0 Å². The van der Waals surface area contributed by atoms with Gasteiger partial charge in [0.05, 0.1) is 18.7 Å². The quantitative estimate of drug-likeness (QED) is 0.0882. The Hall–Kier alpha value is -5.17. The lowest BCUT2D eigenvalue weighted by molar-refractivity contribution is -0.143. The van der Waals surface area contributed by atoms with Gasteiger partial charge in [-0.3, -0.25) is 28.8 Å². The lowest BCUT2D eigenvalue weighted by Gasteiger charge is -2.32. The third-order valence-corrected chi connectivity index (χ3v) is 10.9. The molecule has 4 bridgehead atoms. The van der Waals surface area contributed by atoms with E-state index >= 15 is 0 Å². The highest BCUT2D eigenvalue weighted by Crippen LogP contribution is 2.41. The zero-order chi connectivity index (χ0) is 44.7. The van der Waals surface area contributed by atoms with Crippen LogP contribution in [0.4, 0.5) is 0 Å². The number of fused-ring (bicyclic) bond motifs is 5. The van der Waals surface area contributed by atoms with Crippen LogP contribution in [0.25, 0.3) is 11.1 Å². The molecule has 2 aromatic rings. The van der Waals surface area contributed by atoms with E-state index in [2.05, 4.69) is 17.6 Å². The summed E-state index contributed by atoms with van der Waals surface area (Å²) in [5.74, 6) is -3.37. The Morgan fingerprint density at radius 3 is 2.16 bits per heavy atom. The second-order valence-corrected chi connectivity index (χ2v) is 15.8. The number of carbonyl (C=O) groups excluding carboxylic acids is 6. The Morgan fingerprint density at radius 2 is 1.52 bits per heavy atom. The molecule has 1 heterocycles. The number of Topliss-reactive ketones (excluding diaryl/α,β-unsaturated/α-hetero) is 3. The third-order valence-electron chi connectivity index (χ3n) is 10.9. The van der Waals surface area contributed by atoms with Crippen molar-refractivity contribution in [3.8, 4) is 28.7 Å². The van der Waals surface area contributed by atoms with Crippen LogP contribution in [0.3, 0.4) is 0 Å². The first-order valence-corrected chi connectivity index (χ1v) is 21.8. The van der Waals surface area contributed by atoms with E-state index in [0.717, 1.165) is 25.7 Å². The fraction of sp³-hybridized carbons (Fsp3) is 0.587. The highest BCUT2D eigenvalue weighted by atomic mass is 16.5. The van der Waals surface area contributed by atoms with Crippen LogP contribution in [0.5, 0.6) is 11.5 Å². The molecule has 0 aromatic heterocycles. The fourth-order valence-electron chi connectivity index (χ4n) is 7.52. The van der Waals surface area contributed by atoms with Crippen molar-refractivity contribution in [1.82, 2.24) is 15.5 Å².